The van der Waals surface area contributed by atoms with Crippen molar-refractivity contribution in [1.82, 2.24) is 5.32 Å². The number of amides is 1. The van der Waals surface area contributed by atoms with Crippen molar-refractivity contribution in [3.63, 3.8) is 0 Å². The first-order valence-corrected chi connectivity index (χ1v) is 10.6. The quantitative estimate of drug-likeness (QED) is 0.811. The van der Waals surface area contributed by atoms with Gasteiger partial charge in [0.2, 0.25) is 5.91 Å². The molecule has 0 aromatic heterocycles. The standard InChI is InChI=1S/C20H24N2O3S/c23-20(13-15-26(24,25)19-11-5-2-6-12-19)21-16-18-10-7-14-22(18)17-8-3-1-4-9-17/h1-6,8-9,11-12,18H,7,10,13-16H2,(H,21,23)/t18-/m1/s1. The minimum absolute atomic E-state index is 0.0186. The Labute approximate surface area is 154 Å². The Morgan fingerprint density at radius 2 is 1.69 bits per heavy atom. The molecule has 0 aliphatic carbocycles. The molecule has 0 unspecified atom stereocenters. The molecule has 5 nitrogen and oxygen atoms in total. The lowest BCUT2D eigenvalue weighted by atomic mass is 10.2. The van der Waals surface area contributed by atoms with Crippen molar-refractivity contribution in [3.8, 4) is 0 Å². The van der Waals surface area contributed by atoms with Crippen molar-refractivity contribution < 1.29 is 13.2 Å². The minimum Gasteiger partial charge on any atom is -0.367 e. The average molecular weight is 372 g/mol. The third-order valence-electron chi connectivity index (χ3n) is 4.70. The van der Waals surface area contributed by atoms with Crippen LogP contribution in [0.25, 0.3) is 0 Å². The zero-order chi connectivity index (χ0) is 18.4. The van der Waals surface area contributed by atoms with Gasteiger partial charge in [0, 0.05) is 31.2 Å². The van der Waals surface area contributed by atoms with E-state index in [-0.39, 0.29) is 29.0 Å². The minimum atomic E-state index is -3.42. The third kappa shape index (κ3) is 4.64. The lowest BCUT2D eigenvalue weighted by Crippen LogP contribution is -2.40. The fraction of sp³-hybridized carbons (Fsp3) is 0.350. The molecule has 138 valence electrons. The number of anilines is 1. The first-order chi connectivity index (χ1) is 12.6. The van der Waals surface area contributed by atoms with Crippen LogP contribution < -0.4 is 10.2 Å². The first kappa shape index (κ1) is 18.5. The molecular weight excluding hydrogens is 348 g/mol. The molecule has 1 aliphatic rings. The highest BCUT2D eigenvalue weighted by Gasteiger charge is 2.25. The van der Waals surface area contributed by atoms with Gasteiger partial charge in [0.15, 0.2) is 9.84 Å². The molecule has 0 saturated carbocycles. The van der Waals surface area contributed by atoms with Gasteiger partial charge in [-0.1, -0.05) is 36.4 Å². The molecule has 2 aromatic carbocycles. The maximum atomic E-state index is 12.2. The van der Waals surface area contributed by atoms with E-state index in [1.54, 1.807) is 30.3 Å². The monoisotopic (exact) mass is 372 g/mol. The molecule has 0 spiro atoms. The Balaban J connectivity index is 1.50. The van der Waals surface area contributed by atoms with Gasteiger partial charge in [0.1, 0.15) is 0 Å². The molecule has 2 aromatic rings. The van der Waals surface area contributed by atoms with E-state index in [1.165, 1.54) is 0 Å². The van der Waals surface area contributed by atoms with Crippen LogP contribution in [0.3, 0.4) is 0 Å². The van der Waals surface area contributed by atoms with Gasteiger partial charge in [-0.2, -0.15) is 0 Å². The van der Waals surface area contributed by atoms with E-state index in [1.807, 2.05) is 18.2 Å². The highest BCUT2D eigenvalue weighted by atomic mass is 32.2. The number of rotatable bonds is 7. The normalized spacial score (nSPS) is 17.2. The van der Waals surface area contributed by atoms with Crippen LogP contribution in [-0.4, -0.2) is 39.2 Å². The van der Waals surface area contributed by atoms with E-state index in [9.17, 15) is 13.2 Å². The predicted octanol–water partition coefficient (Wildman–Crippen LogP) is 2.64. The van der Waals surface area contributed by atoms with Gasteiger partial charge in [-0.15, -0.1) is 0 Å². The van der Waals surface area contributed by atoms with Crippen molar-refractivity contribution in [2.45, 2.75) is 30.2 Å². The van der Waals surface area contributed by atoms with Crippen LogP contribution in [-0.2, 0) is 14.6 Å². The van der Waals surface area contributed by atoms with Crippen LogP contribution in [0.4, 0.5) is 5.69 Å². The number of sulfone groups is 1. The number of hydrogen-bond acceptors (Lipinski definition) is 4. The second-order valence-electron chi connectivity index (χ2n) is 6.51. The van der Waals surface area contributed by atoms with Gasteiger partial charge in [-0.3, -0.25) is 4.79 Å². The van der Waals surface area contributed by atoms with E-state index in [4.69, 9.17) is 0 Å². The molecule has 1 saturated heterocycles. The van der Waals surface area contributed by atoms with E-state index >= 15 is 0 Å². The smallest absolute Gasteiger partial charge is 0.221 e. The molecule has 1 N–H and O–H groups in total. The van der Waals surface area contributed by atoms with Gasteiger partial charge in [0.05, 0.1) is 10.6 Å². The molecular formula is C20H24N2O3S. The summed E-state index contributed by atoms with van der Waals surface area (Å²) in [7, 11) is -3.42. The molecule has 0 radical (unpaired) electrons. The first-order valence-electron chi connectivity index (χ1n) is 8.92. The Kier molecular flexibility index (Phi) is 5.93. The second-order valence-corrected chi connectivity index (χ2v) is 8.62. The summed E-state index contributed by atoms with van der Waals surface area (Å²) >= 11 is 0. The molecule has 1 heterocycles. The Bertz CT molecular complexity index is 823. The van der Waals surface area contributed by atoms with Crippen molar-refractivity contribution in [1.29, 1.82) is 0 Å². The van der Waals surface area contributed by atoms with Crippen molar-refractivity contribution >= 4 is 21.4 Å². The topological polar surface area (TPSA) is 66.5 Å². The van der Waals surface area contributed by atoms with Crippen LogP contribution in [0.5, 0.6) is 0 Å². The number of carbonyl (C=O) groups is 1. The zero-order valence-corrected chi connectivity index (χ0v) is 15.5. The van der Waals surface area contributed by atoms with E-state index in [2.05, 4.69) is 22.3 Å². The summed E-state index contributed by atoms with van der Waals surface area (Å²) in [6, 6.07) is 18.7. The highest BCUT2D eigenvalue weighted by Crippen LogP contribution is 2.24. The highest BCUT2D eigenvalue weighted by molar-refractivity contribution is 7.91. The SMILES string of the molecule is O=C(CCS(=O)(=O)c1ccccc1)NC[C@H]1CCCN1c1ccccc1. The summed E-state index contributed by atoms with van der Waals surface area (Å²) in [5.74, 6) is -0.389. The number of benzene rings is 2. The van der Waals surface area contributed by atoms with Gasteiger partial charge >= 0.3 is 0 Å². The predicted molar refractivity (Wildman–Crippen MR) is 103 cm³/mol. The molecule has 1 atom stereocenters. The lowest BCUT2D eigenvalue weighted by molar-refractivity contribution is -0.120. The molecule has 1 amide bonds. The van der Waals surface area contributed by atoms with Crippen LogP contribution in [0.1, 0.15) is 19.3 Å². The van der Waals surface area contributed by atoms with E-state index < -0.39 is 9.84 Å². The number of nitrogens with one attached hydrogen (secondary N) is 1. The number of carbonyl (C=O) groups excluding carboxylic acids is 1. The van der Waals surface area contributed by atoms with Crippen LogP contribution in [0.2, 0.25) is 0 Å². The number of hydrogen-bond donors (Lipinski definition) is 1. The van der Waals surface area contributed by atoms with Gasteiger partial charge in [0.25, 0.3) is 0 Å². The fourth-order valence-electron chi connectivity index (χ4n) is 3.30. The summed E-state index contributed by atoms with van der Waals surface area (Å²) in [5, 5.41) is 2.90. The largest absolute Gasteiger partial charge is 0.367 e. The molecule has 1 aliphatic heterocycles. The molecule has 3 rings (SSSR count). The third-order valence-corrected chi connectivity index (χ3v) is 6.43. The average Bonchev–Trinajstić information content (AvgIpc) is 3.15. The molecule has 6 heteroatoms. The molecule has 1 fully saturated rings. The zero-order valence-electron chi connectivity index (χ0n) is 14.7. The second kappa shape index (κ2) is 8.36. The number of nitrogens with zero attached hydrogens (tertiary/aromatic N) is 1. The summed E-state index contributed by atoms with van der Waals surface area (Å²) in [6.07, 6.45) is 2.10. The van der Waals surface area contributed by atoms with Crippen LogP contribution in [0, 0.1) is 0 Å². The summed E-state index contributed by atoms with van der Waals surface area (Å²) < 4.78 is 24.5. The fourth-order valence-corrected chi connectivity index (χ4v) is 4.56. The van der Waals surface area contributed by atoms with E-state index in [0.29, 0.717) is 6.54 Å². The molecule has 0 bridgehead atoms. The van der Waals surface area contributed by atoms with Crippen molar-refractivity contribution in [2.24, 2.45) is 0 Å². The Morgan fingerprint density at radius 1 is 1.04 bits per heavy atom. The van der Waals surface area contributed by atoms with Crippen molar-refractivity contribution in [3.05, 3.63) is 60.7 Å². The Morgan fingerprint density at radius 3 is 2.38 bits per heavy atom. The van der Waals surface area contributed by atoms with Gasteiger partial charge < -0.3 is 10.2 Å². The summed E-state index contributed by atoms with van der Waals surface area (Å²) in [6.45, 7) is 1.52. The Hall–Kier alpha value is -2.34. The lowest BCUT2D eigenvalue weighted by Gasteiger charge is -2.27. The maximum absolute atomic E-state index is 12.2. The van der Waals surface area contributed by atoms with Crippen LogP contribution >= 0.6 is 0 Å². The van der Waals surface area contributed by atoms with Gasteiger partial charge in [-0.05, 0) is 37.1 Å². The molecule has 26 heavy (non-hydrogen) atoms. The maximum Gasteiger partial charge on any atom is 0.221 e. The van der Waals surface area contributed by atoms with E-state index in [0.717, 1.165) is 25.1 Å². The summed E-state index contributed by atoms with van der Waals surface area (Å²) in [5.41, 5.74) is 1.16. The van der Waals surface area contributed by atoms with Crippen molar-refractivity contribution in [2.75, 3.05) is 23.7 Å². The number of para-hydroxylation sites is 1. The van der Waals surface area contributed by atoms with Gasteiger partial charge in [-0.25, -0.2) is 8.42 Å². The summed E-state index contributed by atoms with van der Waals surface area (Å²) in [4.78, 5) is 14.7. The van der Waals surface area contributed by atoms with Crippen LogP contribution in [0.15, 0.2) is 65.6 Å².